The summed E-state index contributed by atoms with van der Waals surface area (Å²) in [5, 5.41) is 21.9. The fraction of sp³-hybridized carbons (Fsp3) is 0.222. The van der Waals surface area contributed by atoms with E-state index >= 15 is 0 Å². The van der Waals surface area contributed by atoms with Gasteiger partial charge in [-0.05, 0) is 59.4 Å². The number of nitrogens with zero attached hydrogens (tertiary/aromatic N) is 1. The lowest BCUT2D eigenvalue weighted by Gasteiger charge is -2.15. The van der Waals surface area contributed by atoms with Gasteiger partial charge in [0.1, 0.15) is 11.5 Å². The normalized spacial score (nSPS) is 11.9. The molecule has 4 nitrogen and oxygen atoms in total. The van der Waals surface area contributed by atoms with Crippen molar-refractivity contribution >= 4 is 11.1 Å². The largest absolute Gasteiger partial charge is 0.508 e. The first-order valence-corrected chi connectivity index (χ1v) is 7.25. The third kappa shape index (κ3) is 3.73. The highest BCUT2D eigenvalue weighted by Crippen LogP contribution is 2.32. The second-order valence-corrected chi connectivity index (χ2v) is 5.01. The van der Waals surface area contributed by atoms with Gasteiger partial charge in [-0.25, -0.2) is 0 Å². The van der Waals surface area contributed by atoms with Crippen molar-refractivity contribution in [2.24, 2.45) is 5.18 Å². The highest BCUT2D eigenvalue weighted by Gasteiger charge is 2.11. The fourth-order valence-electron chi connectivity index (χ4n) is 2.54. The van der Waals surface area contributed by atoms with Gasteiger partial charge in [-0.3, -0.25) is 0 Å². The minimum absolute atomic E-state index is 0.206. The van der Waals surface area contributed by atoms with Crippen molar-refractivity contribution in [2.45, 2.75) is 19.8 Å². The minimum atomic E-state index is 0.206. The van der Waals surface area contributed by atoms with Gasteiger partial charge in [-0.2, -0.15) is 4.91 Å². The summed E-state index contributed by atoms with van der Waals surface area (Å²) in [6, 6.07) is 14.0. The van der Waals surface area contributed by atoms with Gasteiger partial charge in [0.25, 0.3) is 0 Å². The Hall–Kier alpha value is -2.62. The van der Waals surface area contributed by atoms with E-state index in [2.05, 4.69) is 12.1 Å². The van der Waals surface area contributed by atoms with Crippen LogP contribution in [0.3, 0.4) is 0 Å². The minimum Gasteiger partial charge on any atom is -0.508 e. The Kier molecular flexibility index (Phi) is 5.31. The van der Waals surface area contributed by atoms with Crippen LogP contribution >= 0.6 is 0 Å². The fourth-order valence-corrected chi connectivity index (χ4v) is 2.54. The first-order chi connectivity index (χ1) is 10.7. The lowest BCUT2D eigenvalue weighted by Crippen LogP contribution is -1.94. The Morgan fingerprint density at radius 1 is 0.864 bits per heavy atom. The molecule has 2 rings (SSSR count). The molecule has 4 heteroatoms. The number of hydrogen-bond acceptors (Lipinski definition) is 4. The third-order valence-electron chi connectivity index (χ3n) is 3.60. The summed E-state index contributed by atoms with van der Waals surface area (Å²) in [6.45, 7) is 2.26. The number of rotatable bonds is 6. The molecule has 0 aliphatic heterocycles. The number of benzene rings is 2. The quantitative estimate of drug-likeness (QED) is 0.606. The molecule has 0 heterocycles. The van der Waals surface area contributed by atoms with Crippen LogP contribution in [-0.2, 0) is 0 Å². The van der Waals surface area contributed by atoms with Crippen LogP contribution in [0.2, 0.25) is 0 Å². The van der Waals surface area contributed by atoms with E-state index in [0.717, 1.165) is 28.7 Å². The highest BCUT2D eigenvalue weighted by atomic mass is 16.3. The van der Waals surface area contributed by atoms with Gasteiger partial charge < -0.3 is 10.2 Å². The number of phenols is 2. The summed E-state index contributed by atoms with van der Waals surface area (Å²) in [5.41, 5.74) is 4.11. The van der Waals surface area contributed by atoms with Gasteiger partial charge in [0.15, 0.2) is 0 Å². The smallest absolute Gasteiger partial charge is 0.115 e. The Morgan fingerprint density at radius 2 is 1.32 bits per heavy atom. The summed E-state index contributed by atoms with van der Waals surface area (Å²) in [5.74, 6) is 0.430. The van der Waals surface area contributed by atoms with Crippen LogP contribution in [0.5, 0.6) is 11.5 Å². The van der Waals surface area contributed by atoms with Crippen molar-refractivity contribution in [3.8, 4) is 11.5 Å². The zero-order chi connectivity index (χ0) is 15.9. The summed E-state index contributed by atoms with van der Waals surface area (Å²) in [6.07, 6.45) is 1.33. The van der Waals surface area contributed by atoms with Crippen LogP contribution < -0.4 is 0 Å². The summed E-state index contributed by atoms with van der Waals surface area (Å²) in [7, 11) is 0. The molecule has 0 fully saturated rings. The molecule has 0 bridgehead atoms. The van der Waals surface area contributed by atoms with E-state index in [1.807, 2.05) is 24.3 Å². The average Bonchev–Trinajstić information content (AvgIpc) is 2.54. The van der Waals surface area contributed by atoms with Crippen LogP contribution in [0.1, 0.15) is 30.9 Å². The van der Waals surface area contributed by atoms with Crippen molar-refractivity contribution < 1.29 is 10.2 Å². The van der Waals surface area contributed by atoms with E-state index in [1.54, 1.807) is 24.3 Å². The molecule has 2 aromatic rings. The zero-order valence-corrected chi connectivity index (χ0v) is 12.5. The Balaban J connectivity index is 2.53. The SMILES string of the molecule is CC/C(=C(/CCN=O)c1ccc(O)cc1)c1ccc(O)cc1. The number of hydrogen-bond donors (Lipinski definition) is 2. The second kappa shape index (κ2) is 7.41. The van der Waals surface area contributed by atoms with Crippen LogP contribution in [-0.4, -0.2) is 16.8 Å². The molecule has 114 valence electrons. The summed E-state index contributed by atoms with van der Waals surface area (Å²) in [4.78, 5) is 10.5. The zero-order valence-electron chi connectivity index (χ0n) is 12.5. The van der Waals surface area contributed by atoms with E-state index in [-0.39, 0.29) is 18.0 Å². The topological polar surface area (TPSA) is 69.9 Å². The molecule has 0 spiro atoms. The maximum atomic E-state index is 10.5. The van der Waals surface area contributed by atoms with Crippen molar-refractivity contribution in [3.05, 3.63) is 64.6 Å². The van der Waals surface area contributed by atoms with E-state index in [9.17, 15) is 15.1 Å². The van der Waals surface area contributed by atoms with E-state index in [0.29, 0.717) is 6.42 Å². The number of allylic oxidation sites excluding steroid dienone is 1. The van der Waals surface area contributed by atoms with E-state index in [4.69, 9.17) is 0 Å². The molecule has 2 N–H and O–H groups in total. The molecule has 0 saturated carbocycles. The molecule has 0 aliphatic carbocycles. The maximum Gasteiger partial charge on any atom is 0.115 e. The van der Waals surface area contributed by atoms with Crippen LogP contribution in [0.4, 0.5) is 0 Å². The lowest BCUT2D eigenvalue weighted by molar-refractivity contribution is 0.474. The first-order valence-electron chi connectivity index (χ1n) is 7.25. The Labute approximate surface area is 129 Å². The predicted molar refractivity (Wildman–Crippen MR) is 88.6 cm³/mol. The van der Waals surface area contributed by atoms with Gasteiger partial charge in [0, 0.05) is 0 Å². The van der Waals surface area contributed by atoms with Crippen LogP contribution in [0, 0.1) is 4.91 Å². The maximum absolute atomic E-state index is 10.5. The molecule has 0 unspecified atom stereocenters. The molecule has 0 atom stereocenters. The number of phenolic OH excluding ortho intramolecular Hbond substituents is 2. The predicted octanol–water partition coefficient (Wildman–Crippen LogP) is 4.58. The first kappa shape index (κ1) is 15.8. The molecule has 0 radical (unpaired) electrons. The monoisotopic (exact) mass is 297 g/mol. The standard InChI is InChI=1S/C18H19NO3/c1-2-17(13-3-7-15(20)8-4-13)18(11-12-19-22)14-5-9-16(21)10-6-14/h3-10,20-21H,2,11-12H2,1H3/b18-17+. The van der Waals surface area contributed by atoms with Gasteiger partial charge in [-0.1, -0.05) is 36.4 Å². The van der Waals surface area contributed by atoms with Crippen LogP contribution in [0.15, 0.2) is 53.7 Å². The molecule has 2 aromatic carbocycles. The van der Waals surface area contributed by atoms with Crippen molar-refractivity contribution in [3.63, 3.8) is 0 Å². The molecular formula is C18H19NO3. The number of nitroso groups, excluding NO2 is 1. The van der Waals surface area contributed by atoms with Gasteiger partial charge >= 0.3 is 0 Å². The molecule has 0 saturated heterocycles. The average molecular weight is 297 g/mol. The van der Waals surface area contributed by atoms with Gasteiger partial charge in [-0.15, -0.1) is 0 Å². The summed E-state index contributed by atoms with van der Waals surface area (Å²) < 4.78 is 0. The van der Waals surface area contributed by atoms with Crippen molar-refractivity contribution in [1.29, 1.82) is 0 Å². The van der Waals surface area contributed by atoms with Crippen molar-refractivity contribution in [1.82, 2.24) is 0 Å². The second-order valence-electron chi connectivity index (χ2n) is 5.01. The Bertz CT molecular complexity index is 658. The summed E-state index contributed by atoms with van der Waals surface area (Å²) >= 11 is 0. The molecule has 0 aromatic heterocycles. The Morgan fingerprint density at radius 3 is 1.73 bits per heavy atom. The molecule has 22 heavy (non-hydrogen) atoms. The molecular weight excluding hydrogens is 278 g/mol. The van der Waals surface area contributed by atoms with E-state index in [1.165, 1.54) is 0 Å². The third-order valence-corrected chi connectivity index (χ3v) is 3.60. The van der Waals surface area contributed by atoms with Gasteiger partial charge in [0.05, 0.1) is 6.54 Å². The van der Waals surface area contributed by atoms with Gasteiger partial charge in [0.2, 0.25) is 0 Å². The van der Waals surface area contributed by atoms with E-state index < -0.39 is 0 Å². The lowest BCUT2D eigenvalue weighted by atomic mass is 9.91. The number of aromatic hydroxyl groups is 2. The van der Waals surface area contributed by atoms with Crippen molar-refractivity contribution in [2.75, 3.05) is 6.54 Å². The van der Waals surface area contributed by atoms with Crippen LogP contribution in [0.25, 0.3) is 11.1 Å². The molecule has 0 aliphatic rings. The molecule has 0 amide bonds. The highest BCUT2D eigenvalue weighted by molar-refractivity contribution is 5.91.